The van der Waals surface area contributed by atoms with Gasteiger partial charge < -0.3 is 14.6 Å². The maximum absolute atomic E-state index is 5.00. The second-order valence-corrected chi connectivity index (χ2v) is 4.94. The zero-order chi connectivity index (χ0) is 12.8. The molecule has 0 amide bonds. The van der Waals surface area contributed by atoms with Crippen LogP contribution >= 0.6 is 11.3 Å². The summed E-state index contributed by atoms with van der Waals surface area (Å²) in [5, 5.41) is 6.50. The van der Waals surface area contributed by atoms with Crippen molar-refractivity contribution in [2.45, 2.75) is 19.9 Å². The first-order valence-electron chi connectivity index (χ1n) is 5.94. The zero-order valence-electron chi connectivity index (χ0n) is 10.7. The van der Waals surface area contributed by atoms with Gasteiger partial charge in [-0.3, -0.25) is 0 Å². The Morgan fingerprint density at radius 2 is 2.39 bits per heavy atom. The average molecular weight is 266 g/mol. The summed E-state index contributed by atoms with van der Waals surface area (Å²) in [6.45, 7) is 4.36. The molecule has 18 heavy (non-hydrogen) atoms. The molecule has 0 bridgehead atoms. The molecule has 0 fully saturated rings. The van der Waals surface area contributed by atoms with Crippen molar-refractivity contribution in [3.05, 3.63) is 28.5 Å². The first kappa shape index (κ1) is 13.0. The molecule has 2 aromatic rings. The fourth-order valence-electron chi connectivity index (χ4n) is 1.66. The molecule has 2 aromatic heterocycles. The lowest BCUT2D eigenvalue weighted by atomic mass is 10.4. The van der Waals surface area contributed by atoms with Crippen LogP contribution in [0.1, 0.15) is 10.7 Å². The second kappa shape index (κ2) is 6.51. The minimum Gasteiger partial charge on any atom is -0.383 e. The normalized spacial score (nSPS) is 10.8. The van der Waals surface area contributed by atoms with Gasteiger partial charge in [0.25, 0.3) is 0 Å². The molecule has 5 nitrogen and oxygen atoms in total. The van der Waals surface area contributed by atoms with Crippen LogP contribution < -0.4 is 5.32 Å². The molecule has 0 aromatic carbocycles. The lowest BCUT2D eigenvalue weighted by Crippen LogP contribution is -2.13. The molecule has 0 atom stereocenters. The van der Waals surface area contributed by atoms with Gasteiger partial charge in [0.2, 0.25) is 5.95 Å². The van der Waals surface area contributed by atoms with Crippen LogP contribution in [0.4, 0.5) is 5.95 Å². The number of nitrogens with zero attached hydrogens (tertiary/aromatic N) is 3. The number of ether oxygens (including phenoxy) is 1. The highest BCUT2D eigenvalue weighted by atomic mass is 32.1. The van der Waals surface area contributed by atoms with Crippen LogP contribution in [0, 0.1) is 6.92 Å². The fraction of sp³-hybridized carbons (Fsp3) is 0.500. The van der Waals surface area contributed by atoms with Gasteiger partial charge in [0.1, 0.15) is 0 Å². The number of anilines is 1. The van der Waals surface area contributed by atoms with Gasteiger partial charge in [0.05, 0.1) is 11.6 Å². The maximum atomic E-state index is 5.00. The van der Waals surface area contributed by atoms with E-state index in [0.29, 0.717) is 6.61 Å². The zero-order valence-corrected chi connectivity index (χ0v) is 11.5. The Morgan fingerprint density at radius 1 is 1.50 bits per heavy atom. The number of aromatic nitrogens is 3. The monoisotopic (exact) mass is 266 g/mol. The maximum Gasteiger partial charge on any atom is 0.202 e. The summed E-state index contributed by atoms with van der Waals surface area (Å²) in [6, 6.07) is 0. The smallest absolute Gasteiger partial charge is 0.202 e. The summed E-state index contributed by atoms with van der Waals surface area (Å²) in [5.41, 5.74) is 1.10. The molecule has 2 rings (SSSR count). The third-order valence-corrected chi connectivity index (χ3v) is 3.56. The van der Waals surface area contributed by atoms with E-state index in [1.54, 1.807) is 18.4 Å². The van der Waals surface area contributed by atoms with Crippen LogP contribution in [0.2, 0.25) is 0 Å². The highest BCUT2D eigenvalue weighted by molar-refractivity contribution is 7.09. The molecule has 0 saturated carbocycles. The molecule has 0 spiro atoms. The first-order chi connectivity index (χ1) is 8.79. The molecule has 6 heteroatoms. The fourth-order valence-corrected chi connectivity index (χ4v) is 2.42. The summed E-state index contributed by atoms with van der Waals surface area (Å²) in [4.78, 5) is 8.74. The molecule has 1 N–H and O–H groups in total. The lowest BCUT2D eigenvalue weighted by molar-refractivity contribution is 0.210. The van der Waals surface area contributed by atoms with Crippen LogP contribution in [0.15, 0.2) is 17.8 Å². The van der Waals surface area contributed by atoms with E-state index in [4.69, 9.17) is 4.74 Å². The Hall–Kier alpha value is -1.40. The predicted octanol–water partition coefficient (Wildman–Crippen LogP) is 1.95. The number of imidazole rings is 1. The number of hydrogen-bond acceptors (Lipinski definition) is 5. The molecule has 2 heterocycles. The predicted molar refractivity (Wildman–Crippen MR) is 73.1 cm³/mol. The largest absolute Gasteiger partial charge is 0.383 e. The summed E-state index contributed by atoms with van der Waals surface area (Å²) in [7, 11) is 1.69. The van der Waals surface area contributed by atoms with Crippen LogP contribution in [0.25, 0.3) is 0 Å². The van der Waals surface area contributed by atoms with Gasteiger partial charge in [-0.2, -0.15) is 0 Å². The van der Waals surface area contributed by atoms with Crippen LogP contribution in [-0.4, -0.2) is 34.8 Å². The Morgan fingerprint density at radius 3 is 3.11 bits per heavy atom. The van der Waals surface area contributed by atoms with Gasteiger partial charge in [0.15, 0.2) is 0 Å². The molecule has 0 saturated heterocycles. The van der Waals surface area contributed by atoms with E-state index >= 15 is 0 Å². The van der Waals surface area contributed by atoms with Crippen LogP contribution in [0.3, 0.4) is 0 Å². The molecule has 0 aliphatic heterocycles. The molecular weight excluding hydrogens is 248 g/mol. The summed E-state index contributed by atoms with van der Waals surface area (Å²) < 4.78 is 7.11. The topological polar surface area (TPSA) is 52.0 Å². The van der Waals surface area contributed by atoms with Crippen LogP contribution in [-0.2, 0) is 17.7 Å². The second-order valence-electron chi connectivity index (χ2n) is 4.00. The molecule has 0 aliphatic carbocycles. The minimum atomic E-state index is 0.679. The van der Waals surface area contributed by atoms with E-state index < -0.39 is 0 Å². The molecule has 0 radical (unpaired) electrons. The van der Waals surface area contributed by atoms with Crippen LogP contribution in [0.5, 0.6) is 0 Å². The van der Waals surface area contributed by atoms with Crippen molar-refractivity contribution in [1.29, 1.82) is 0 Å². The first-order valence-corrected chi connectivity index (χ1v) is 6.82. The van der Waals surface area contributed by atoms with E-state index in [0.717, 1.165) is 31.2 Å². The van der Waals surface area contributed by atoms with Gasteiger partial charge in [-0.05, 0) is 6.92 Å². The Balaban J connectivity index is 1.87. The Labute approximate surface area is 111 Å². The molecular formula is C12H18N4OS. The van der Waals surface area contributed by atoms with E-state index in [1.165, 1.54) is 5.01 Å². The van der Waals surface area contributed by atoms with Crippen molar-refractivity contribution in [3.63, 3.8) is 0 Å². The summed E-state index contributed by atoms with van der Waals surface area (Å²) in [5.74, 6) is 0.889. The van der Waals surface area contributed by atoms with Crippen molar-refractivity contribution in [1.82, 2.24) is 14.5 Å². The highest BCUT2D eigenvalue weighted by Crippen LogP contribution is 2.12. The standard InChI is InChI=1S/C12H18N4OS/c1-10-9-18-11(15-10)3-6-16-7-4-13-12(16)14-5-8-17-2/h4,7,9H,3,5-6,8H2,1-2H3,(H,13,14). The van der Waals surface area contributed by atoms with Crippen molar-refractivity contribution in [2.24, 2.45) is 0 Å². The molecule has 0 unspecified atom stereocenters. The van der Waals surface area contributed by atoms with E-state index in [-0.39, 0.29) is 0 Å². The number of nitrogens with one attached hydrogen (secondary N) is 1. The van der Waals surface area contributed by atoms with Crippen molar-refractivity contribution < 1.29 is 4.74 Å². The SMILES string of the molecule is COCCNc1nccn1CCc1nc(C)cs1. The van der Waals surface area contributed by atoms with E-state index in [1.807, 2.05) is 19.3 Å². The quantitative estimate of drug-likeness (QED) is 0.778. The third-order valence-electron chi connectivity index (χ3n) is 2.54. The van der Waals surface area contributed by atoms with Gasteiger partial charge in [0, 0.05) is 50.1 Å². The summed E-state index contributed by atoms with van der Waals surface area (Å²) >= 11 is 1.71. The number of hydrogen-bond donors (Lipinski definition) is 1. The van der Waals surface area contributed by atoms with E-state index in [9.17, 15) is 0 Å². The summed E-state index contributed by atoms with van der Waals surface area (Å²) in [6.07, 6.45) is 4.73. The van der Waals surface area contributed by atoms with Crippen molar-refractivity contribution in [3.8, 4) is 0 Å². The number of rotatable bonds is 7. The highest BCUT2D eigenvalue weighted by Gasteiger charge is 2.04. The minimum absolute atomic E-state index is 0.679. The average Bonchev–Trinajstić information content (AvgIpc) is 2.96. The Kier molecular flexibility index (Phi) is 4.72. The number of thiazole rings is 1. The van der Waals surface area contributed by atoms with Crippen molar-refractivity contribution >= 4 is 17.3 Å². The van der Waals surface area contributed by atoms with Crippen molar-refractivity contribution in [2.75, 3.05) is 25.6 Å². The Bertz CT molecular complexity index is 480. The lowest BCUT2D eigenvalue weighted by Gasteiger charge is -2.08. The van der Waals surface area contributed by atoms with Gasteiger partial charge in [-0.25, -0.2) is 9.97 Å². The van der Waals surface area contributed by atoms with Gasteiger partial charge >= 0.3 is 0 Å². The third kappa shape index (κ3) is 3.54. The molecule has 98 valence electrons. The van der Waals surface area contributed by atoms with Gasteiger partial charge in [-0.15, -0.1) is 11.3 Å². The molecule has 0 aliphatic rings. The van der Waals surface area contributed by atoms with E-state index in [2.05, 4.69) is 25.2 Å². The van der Waals surface area contributed by atoms with Gasteiger partial charge in [-0.1, -0.05) is 0 Å². The number of aryl methyl sites for hydroxylation is 3. The number of methoxy groups -OCH3 is 1.